The fourth-order valence-electron chi connectivity index (χ4n) is 8.27. The molecule has 5 aromatic carbocycles. The first-order chi connectivity index (χ1) is 22.8. The van der Waals surface area contributed by atoms with Crippen molar-refractivity contribution in [1.29, 1.82) is 0 Å². The fourth-order valence-corrected chi connectivity index (χ4v) is 16.5. The van der Waals surface area contributed by atoms with Gasteiger partial charge in [0.2, 0.25) is 0 Å². The van der Waals surface area contributed by atoms with E-state index in [-0.39, 0.29) is 0 Å². The predicted molar refractivity (Wildman–Crippen MR) is 205 cm³/mol. The molecule has 0 N–H and O–H groups in total. The third-order valence-corrected chi connectivity index (χ3v) is 18.3. The van der Waals surface area contributed by atoms with Gasteiger partial charge in [-0.05, 0) is 0 Å². The molecule has 46 heavy (non-hydrogen) atoms. The first-order valence-corrected chi connectivity index (χ1v) is 22.4. The molecule has 0 spiro atoms. The van der Waals surface area contributed by atoms with Gasteiger partial charge in [-0.3, -0.25) is 0 Å². The zero-order chi connectivity index (χ0) is 31.3. The zero-order valence-corrected chi connectivity index (χ0v) is 29.9. The Bertz CT molecular complexity index is 1340. The molecule has 7 rings (SSSR count). The van der Waals surface area contributed by atoms with E-state index < -0.39 is 25.7 Å². The van der Waals surface area contributed by atoms with Crippen molar-refractivity contribution in [3.8, 4) is 0 Å². The Morgan fingerprint density at radius 1 is 0.370 bits per heavy atom. The Morgan fingerprint density at radius 2 is 0.652 bits per heavy atom. The molecule has 0 bridgehead atoms. The van der Waals surface area contributed by atoms with E-state index in [1.165, 1.54) is 86.1 Å². The van der Waals surface area contributed by atoms with E-state index in [2.05, 4.69) is 152 Å². The van der Waals surface area contributed by atoms with Gasteiger partial charge in [-0.15, -0.1) is 0 Å². The van der Waals surface area contributed by atoms with Crippen molar-refractivity contribution in [2.45, 2.75) is 73.1 Å². The van der Waals surface area contributed by atoms with Gasteiger partial charge in [0, 0.05) is 0 Å². The summed E-state index contributed by atoms with van der Waals surface area (Å²) in [5.41, 5.74) is 5.36. The molecular weight excluding hydrogens is 667 g/mol. The monoisotopic (exact) mass is 720 g/mol. The van der Waals surface area contributed by atoms with Crippen molar-refractivity contribution in [1.82, 2.24) is 0 Å². The maximum atomic E-state index is 2.46. The van der Waals surface area contributed by atoms with E-state index in [4.69, 9.17) is 0 Å². The van der Waals surface area contributed by atoms with Crippen molar-refractivity contribution in [2.24, 2.45) is 11.8 Å². The van der Waals surface area contributed by atoms with Crippen molar-refractivity contribution in [3.05, 3.63) is 152 Å². The predicted octanol–water partition coefficient (Wildman–Crippen LogP) is 8.61. The molecule has 2 heteroatoms. The summed E-state index contributed by atoms with van der Waals surface area (Å²) in [6, 6.07) is 55.2. The van der Waals surface area contributed by atoms with Gasteiger partial charge in [0.25, 0.3) is 0 Å². The molecule has 0 heterocycles. The van der Waals surface area contributed by atoms with Crippen LogP contribution in [0.3, 0.4) is 0 Å². The number of rotatable bonds is 9. The molecule has 0 unspecified atom stereocenters. The van der Waals surface area contributed by atoms with Crippen molar-refractivity contribution in [2.75, 3.05) is 0 Å². The maximum absolute atomic E-state index is 2.46. The molecule has 2 fully saturated rings. The molecule has 0 radical (unpaired) electrons. The van der Waals surface area contributed by atoms with E-state index in [1.54, 1.807) is 12.5 Å². The summed E-state index contributed by atoms with van der Waals surface area (Å²) in [4.78, 5) is 0. The first kappa shape index (κ1) is 32.9. The van der Waals surface area contributed by atoms with Gasteiger partial charge in [0.05, 0.1) is 0 Å². The molecule has 0 aliphatic heterocycles. The first-order valence-electron chi connectivity index (χ1n) is 17.9. The van der Waals surface area contributed by atoms with Crippen LogP contribution in [0.4, 0.5) is 0 Å². The Kier molecular flexibility index (Phi) is 12.3. The molecule has 0 aromatic heterocycles. The van der Waals surface area contributed by atoms with Crippen LogP contribution in [0, 0.1) is 11.8 Å². The van der Waals surface area contributed by atoms with Gasteiger partial charge in [0.15, 0.2) is 0 Å². The summed E-state index contributed by atoms with van der Waals surface area (Å²) in [5.74, 6) is 2.17. The van der Waals surface area contributed by atoms with E-state index in [9.17, 15) is 0 Å². The van der Waals surface area contributed by atoms with Crippen LogP contribution in [0.15, 0.2) is 152 Å². The van der Waals surface area contributed by atoms with Crippen molar-refractivity contribution < 1.29 is 0 Å². The van der Waals surface area contributed by atoms with Gasteiger partial charge in [-0.25, -0.2) is 0 Å². The van der Waals surface area contributed by atoms with E-state index in [0.717, 1.165) is 11.8 Å². The Labute approximate surface area is 286 Å². The molecule has 236 valence electrons. The normalized spacial score (nSPS) is 16.0. The van der Waals surface area contributed by atoms with Gasteiger partial charge in [-0.2, -0.15) is 21.9 Å². The number of benzene rings is 5. The van der Waals surface area contributed by atoms with E-state index >= 15 is 0 Å². The second-order valence-electron chi connectivity index (χ2n) is 13.7. The van der Waals surface area contributed by atoms with Crippen LogP contribution < -0.4 is 25.5 Å². The molecular formula is C44H51BTe. The van der Waals surface area contributed by atoms with Gasteiger partial charge < -0.3 is 0 Å². The molecule has 0 amide bonds. The van der Waals surface area contributed by atoms with Crippen LogP contribution in [-0.4, -0.2) is 25.7 Å². The minimum atomic E-state index is -1.22. The Hall–Kier alpha value is -3.05. The Balaban J connectivity index is 0.000000164. The summed E-state index contributed by atoms with van der Waals surface area (Å²) in [6.07, 6.45) is 14.0. The van der Waals surface area contributed by atoms with Crippen molar-refractivity contribution >= 4 is 51.2 Å². The van der Waals surface area contributed by atoms with Crippen LogP contribution in [0.5, 0.6) is 0 Å². The van der Waals surface area contributed by atoms with Crippen LogP contribution in [0.2, 0.25) is 8.94 Å². The number of hydrogen-bond acceptors (Lipinski definition) is 0. The summed E-state index contributed by atoms with van der Waals surface area (Å²) >= 11 is -1.09. The topological polar surface area (TPSA) is 0 Å². The van der Waals surface area contributed by atoms with E-state index in [0.29, 0.717) is 0 Å². The third-order valence-electron chi connectivity index (χ3n) is 10.6. The van der Waals surface area contributed by atoms with E-state index in [1.807, 2.05) is 0 Å². The second-order valence-corrected chi connectivity index (χ2v) is 19.7. The average Bonchev–Trinajstić information content (AvgIpc) is 3.15. The molecule has 0 atom stereocenters. The fraction of sp³-hybridized carbons (Fsp3) is 0.318. The van der Waals surface area contributed by atoms with Crippen LogP contribution in [-0.2, 0) is 0 Å². The molecule has 0 saturated heterocycles. The molecule has 2 aliphatic rings. The van der Waals surface area contributed by atoms with Gasteiger partial charge >= 0.3 is 138 Å². The van der Waals surface area contributed by atoms with Gasteiger partial charge in [-0.1, -0.05) is 121 Å². The van der Waals surface area contributed by atoms with Crippen molar-refractivity contribution in [3.63, 3.8) is 0 Å². The van der Waals surface area contributed by atoms with Crippen LogP contribution in [0.1, 0.15) is 64.2 Å². The minimum absolute atomic E-state index is 1.08. The standard InChI is InChI=1S/C24H20B.C20H31Te/c1-5-13-21(14-6-1)25(22-15-7-2-8-16-22,23-17-9-3-10-18-23)24-19-11-4-12-20-24;1-4-10-18(11-5-1)16-21(20-14-8-3-9-15-20)17-19-12-6-2-7-13-19/h1-20H;3,8-9,14-15,18-19H,1-2,4-7,10-13,16-17H2/q-1;+1. The summed E-state index contributed by atoms with van der Waals surface area (Å²) in [7, 11) is 0. The summed E-state index contributed by atoms with van der Waals surface area (Å²) < 4.78 is 5.05. The quantitative estimate of drug-likeness (QED) is 0.134. The molecule has 0 nitrogen and oxygen atoms in total. The second kappa shape index (κ2) is 17.2. The van der Waals surface area contributed by atoms with Gasteiger partial charge in [0.1, 0.15) is 6.15 Å². The molecule has 5 aromatic rings. The average molecular weight is 718 g/mol. The van der Waals surface area contributed by atoms with Crippen LogP contribution >= 0.6 is 0 Å². The molecule has 2 aliphatic carbocycles. The van der Waals surface area contributed by atoms with Crippen LogP contribution in [0.25, 0.3) is 0 Å². The summed E-state index contributed by atoms with van der Waals surface area (Å²) in [6.45, 7) is 0. The summed E-state index contributed by atoms with van der Waals surface area (Å²) in [5, 5.41) is 0. The zero-order valence-electron chi connectivity index (χ0n) is 27.6. The Morgan fingerprint density at radius 3 is 0.957 bits per heavy atom. The SMILES string of the molecule is c1ccc([B-](c2ccccc2)(c2ccccc2)c2ccccc2)cc1.c1ccc([Te+](CC2CCCCC2)CC2CCCCC2)cc1. The number of hydrogen-bond donors (Lipinski definition) is 0. The molecule has 2 saturated carbocycles. The third kappa shape index (κ3) is 8.26.